The molecule has 0 aromatic heterocycles. The van der Waals surface area contributed by atoms with E-state index >= 15 is 0 Å². The lowest BCUT2D eigenvalue weighted by molar-refractivity contribution is 0.545. The first-order valence-electron chi connectivity index (χ1n) is 6.98. The predicted molar refractivity (Wildman–Crippen MR) is 82.7 cm³/mol. The Balaban J connectivity index is 2.47. The molecule has 0 fully saturated rings. The number of hydrogen-bond donors (Lipinski definition) is 1. The second-order valence-electron chi connectivity index (χ2n) is 5.04. The van der Waals surface area contributed by atoms with Crippen molar-refractivity contribution in [1.29, 1.82) is 0 Å². The lowest BCUT2D eigenvalue weighted by Crippen LogP contribution is -2.24. The average Bonchev–Trinajstić information content (AvgIpc) is 2.47. The summed E-state index contributed by atoms with van der Waals surface area (Å²) in [5.74, 6) is -0.700. The van der Waals surface area contributed by atoms with Gasteiger partial charge in [-0.15, -0.1) is 0 Å². The number of benzene rings is 2. The number of hydrogen-bond acceptors (Lipinski definition) is 1. The second-order valence-corrected chi connectivity index (χ2v) is 5.45. The Labute approximate surface area is 128 Å². The van der Waals surface area contributed by atoms with Gasteiger partial charge in [0.1, 0.15) is 11.6 Å². The Morgan fingerprint density at radius 2 is 1.95 bits per heavy atom. The molecule has 0 aliphatic rings. The molecule has 2 rings (SSSR count). The molecule has 1 unspecified atom stereocenters. The fourth-order valence-electron chi connectivity index (χ4n) is 2.29. The van der Waals surface area contributed by atoms with E-state index in [0.29, 0.717) is 11.1 Å². The van der Waals surface area contributed by atoms with E-state index in [1.807, 2.05) is 6.92 Å². The van der Waals surface area contributed by atoms with Crippen LogP contribution in [0.4, 0.5) is 8.78 Å². The van der Waals surface area contributed by atoms with Gasteiger partial charge in [0.05, 0.1) is 11.1 Å². The standard InChI is InChI=1S/C17H18ClF2N/c1-3-9-21-17(12-7-8-15(19)11(2)10-12)13-5-4-6-14(18)16(13)20/h4-8,10,17,21H,3,9H2,1-2H3. The molecule has 0 heterocycles. The lowest BCUT2D eigenvalue weighted by Gasteiger charge is -2.21. The van der Waals surface area contributed by atoms with Crippen molar-refractivity contribution in [3.05, 3.63) is 69.7 Å². The largest absolute Gasteiger partial charge is 0.306 e. The molecule has 21 heavy (non-hydrogen) atoms. The Kier molecular flexibility index (Phi) is 5.32. The lowest BCUT2D eigenvalue weighted by atomic mass is 9.96. The fourth-order valence-corrected chi connectivity index (χ4v) is 2.47. The van der Waals surface area contributed by atoms with Crippen molar-refractivity contribution in [3.8, 4) is 0 Å². The molecule has 0 aliphatic carbocycles. The number of aryl methyl sites for hydroxylation is 1. The van der Waals surface area contributed by atoms with E-state index < -0.39 is 5.82 Å². The number of rotatable bonds is 5. The number of halogens is 3. The molecule has 2 aromatic carbocycles. The van der Waals surface area contributed by atoms with Crippen LogP contribution in [0.15, 0.2) is 36.4 Å². The van der Waals surface area contributed by atoms with E-state index in [1.54, 1.807) is 31.2 Å². The highest BCUT2D eigenvalue weighted by Crippen LogP contribution is 2.29. The highest BCUT2D eigenvalue weighted by Gasteiger charge is 2.19. The molecule has 0 amide bonds. The maximum Gasteiger partial charge on any atom is 0.146 e. The van der Waals surface area contributed by atoms with Gasteiger partial charge in [-0.1, -0.05) is 42.8 Å². The van der Waals surface area contributed by atoms with Gasteiger partial charge in [-0.05, 0) is 43.1 Å². The van der Waals surface area contributed by atoms with E-state index in [4.69, 9.17) is 11.6 Å². The predicted octanol–water partition coefficient (Wildman–Crippen LogP) is 5.02. The smallest absolute Gasteiger partial charge is 0.146 e. The summed E-state index contributed by atoms with van der Waals surface area (Å²) >= 11 is 5.87. The molecule has 2 aromatic rings. The maximum absolute atomic E-state index is 14.3. The molecule has 1 nitrogen and oxygen atoms in total. The van der Waals surface area contributed by atoms with Gasteiger partial charge >= 0.3 is 0 Å². The topological polar surface area (TPSA) is 12.0 Å². The van der Waals surface area contributed by atoms with Crippen LogP contribution in [0.25, 0.3) is 0 Å². The Morgan fingerprint density at radius 3 is 2.62 bits per heavy atom. The summed E-state index contributed by atoms with van der Waals surface area (Å²) in [6, 6.07) is 9.42. The SMILES string of the molecule is CCCNC(c1ccc(F)c(C)c1)c1cccc(Cl)c1F. The zero-order chi connectivity index (χ0) is 15.4. The summed E-state index contributed by atoms with van der Waals surface area (Å²) in [7, 11) is 0. The van der Waals surface area contributed by atoms with Crippen molar-refractivity contribution in [2.75, 3.05) is 6.54 Å². The van der Waals surface area contributed by atoms with Crippen molar-refractivity contribution >= 4 is 11.6 Å². The second kappa shape index (κ2) is 7.01. The van der Waals surface area contributed by atoms with Crippen LogP contribution in [-0.4, -0.2) is 6.54 Å². The summed E-state index contributed by atoms with van der Waals surface area (Å²) in [6.45, 7) is 4.46. The molecule has 4 heteroatoms. The molecule has 0 radical (unpaired) electrons. The van der Waals surface area contributed by atoms with Crippen LogP contribution in [0.5, 0.6) is 0 Å². The van der Waals surface area contributed by atoms with Crippen LogP contribution >= 0.6 is 11.6 Å². The van der Waals surface area contributed by atoms with Gasteiger partial charge in [0.15, 0.2) is 0 Å². The fraction of sp³-hybridized carbons (Fsp3) is 0.294. The Hall–Kier alpha value is -1.45. The summed E-state index contributed by atoms with van der Waals surface area (Å²) in [6.07, 6.45) is 0.916. The molecule has 0 spiro atoms. The van der Waals surface area contributed by atoms with E-state index in [1.165, 1.54) is 12.1 Å². The van der Waals surface area contributed by atoms with Crippen molar-refractivity contribution < 1.29 is 8.78 Å². The van der Waals surface area contributed by atoms with E-state index in [2.05, 4.69) is 5.32 Å². The van der Waals surface area contributed by atoms with Crippen LogP contribution < -0.4 is 5.32 Å². The van der Waals surface area contributed by atoms with Gasteiger partial charge in [0.25, 0.3) is 0 Å². The quantitative estimate of drug-likeness (QED) is 0.818. The van der Waals surface area contributed by atoms with Crippen molar-refractivity contribution in [2.45, 2.75) is 26.3 Å². The zero-order valence-electron chi connectivity index (χ0n) is 12.1. The minimum absolute atomic E-state index is 0.0923. The summed E-state index contributed by atoms with van der Waals surface area (Å²) in [5, 5.41) is 3.39. The van der Waals surface area contributed by atoms with Gasteiger partial charge < -0.3 is 5.32 Å². The highest BCUT2D eigenvalue weighted by atomic mass is 35.5. The summed E-state index contributed by atoms with van der Waals surface area (Å²) < 4.78 is 27.7. The first-order valence-corrected chi connectivity index (χ1v) is 7.35. The first kappa shape index (κ1) is 15.9. The molecule has 1 N–H and O–H groups in total. The maximum atomic E-state index is 14.3. The molecular weight excluding hydrogens is 292 g/mol. The van der Waals surface area contributed by atoms with Crippen molar-refractivity contribution in [3.63, 3.8) is 0 Å². The molecular formula is C17H18ClF2N. The molecule has 112 valence electrons. The van der Waals surface area contributed by atoms with E-state index in [-0.39, 0.29) is 16.9 Å². The molecule has 0 aliphatic heterocycles. The third-order valence-electron chi connectivity index (χ3n) is 3.41. The summed E-state index contributed by atoms with van der Waals surface area (Å²) in [5.41, 5.74) is 1.84. The van der Waals surface area contributed by atoms with Gasteiger partial charge in [0.2, 0.25) is 0 Å². The zero-order valence-corrected chi connectivity index (χ0v) is 12.8. The van der Waals surface area contributed by atoms with E-state index in [0.717, 1.165) is 18.5 Å². The van der Waals surface area contributed by atoms with Crippen LogP contribution in [0.2, 0.25) is 5.02 Å². The summed E-state index contributed by atoms with van der Waals surface area (Å²) in [4.78, 5) is 0. The monoisotopic (exact) mass is 309 g/mol. The van der Waals surface area contributed by atoms with E-state index in [9.17, 15) is 8.78 Å². The molecule has 1 atom stereocenters. The Bertz CT molecular complexity index is 628. The minimum Gasteiger partial charge on any atom is -0.306 e. The molecule has 0 saturated carbocycles. The van der Waals surface area contributed by atoms with Crippen LogP contribution in [0.3, 0.4) is 0 Å². The third kappa shape index (κ3) is 3.60. The molecule has 0 bridgehead atoms. The number of nitrogens with one attached hydrogen (secondary N) is 1. The van der Waals surface area contributed by atoms with Gasteiger partial charge in [-0.25, -0.2) is 8.78 Å². The van der Waals surface area contributed by atoms with Crippen LogP contribution in [0, 0.1) is 18.6 Å². The van der Waals surface area contributed by atoms with Gasteiger partial charge in [0, 0.05) is 5.56 Å². The van der Waals surface area contributed by atoms with Crippen molar-refractivity contribution in [1.82, 2.24) is 5.32 Å². The highest BCUT2D eigenvalue weighted by molar-refractivity contribution is 6.30. The van der Waals surface area contributed by atoms with Gasteiger partial charge in [-0.2, -0.15) is 0 Å². The molecule has 0 saturated heterocycles. The average molecular weight is 310 g/mol. The first-order chi connectivity index (χ1) is 10.0. The Morgan fingerprint density at radius 1 is 1.19 bits per heavy atom. The van der Waals surface area contributed by atoms with Crippen LogP contribution in [0.1, 0.15) is 36.1 Å². The van der Waals surface area contributed by atoms with Gasteiger partial charge in [-0.3, -0.25) is 0 Å². The third-order valence-corrected chi connectivity index (χ3v) is 3.70. The van der Waals surface area contributed by atoms with Crippen LogP contribution in [-0.2, 0) is 0 Å². The van der Waals surface area contributed by atoms with Crippen molar-refractivity contribution in [2.24, 2.45) is 0 Å². The minimum atomic E-state index is -0.435. The normalized spacial score (nSPS) is 12.4.